The zero-order valence-electron chi connectivity index (χ0n) is 80.9. The van der Waals surface area contributed by atoms with E-state index in [0.29, 0.717) is 17.1 Å². The van der Waals surface area contributed by atoms with Crippen molar-refractivity contribution < 1.29 is 22.1 Å². The Morgan fingerprint density at radius 1 is 0.187 bits per heavy atom. The highest BCUT2D eigenvalue weighted by Gasteiger charge is 2.55. The van der Waals surface area contributed by atoms with Crippen molar-refractivity contribution in [2.45, 2.75) is 0 Å². The molecule has 15 aliphatic heterocycles. The molecule has 696 valence electrons. The fraction of sp³-hybridized carbons (Fsp3) is 0. The van der Waals surface area contributed by atoms with Crippen LogP contribution in [0, 0.1) is 0 Å². The number of allylic oxidation sites excluding steroid dienone is 24. The molecule has 33 heteroatoms. The second-order valence-corrected chi connectivity index (χ2v) is 40.6. The van der Waals surface area contributed by atoms with Crippen molar-refractivity contribution in [3.8, 4) is 0 Å². The Labute approximate surface area is 872 Å². The van der Waals surface area contributed by atoms with E-state index in [0.717, 1.165) is 149 Å². The SMILES string of the molecule is C1=CB2N(C=C1)B1C=C(c3cccc4c3oc3ncccc34)C=CN1B1C=CC=CN1B1C=C(c3cccc4c3oc3ncccc34)C=CN21.C1=CB2N3C=CC(c4cccc5c4oc4ccccc45)=CB3N3C=CC=CB3N3C=CC(c4cccc5c4oc4ncccc45)=CB3N2C=C1.C1=CB2N3C=CC(c4cccc5c4oc4ccccc45)=CB3N3C=CC=CB3N3C=CC(c4cccc5c4sc4ccccc45)=CB3N2C=C1. The first-order chi connectivity index (χ1) is 74.4. The second kappa shape index (κ2) is 34.8. The van der Waals surface area contributed by atoms with Gasteiger partial charge in [0.2, 0.25) is 17.1 Å². The van der Waals surface area contributed by atoms with Crippen molar-refractivity contribution in [2.75, 3.05) is 0 Å². The predicted octanol–water partition coefficient (Wildman–Crippen LogP) is 24.2. The molecule has 0 radical (unpaired) electrons. The average molecular weight is 1940 g/mol. The number of rotatable bonds is 6. The molecule has 3 saturated heterocycles. The summed E-state index contributed by atoms with van der Waals surface area (Å²) in [6, 6.07) is 76.3. The summed E-state index contributed by atoms with van der Waals surface area (Å²) in [6.07, 6.45) is 71.5. The van der Waals surface area contributed by atoms with Crippen LogP contribution in [0.5, 0.6) is 0 Å². The molecule has 33 rings (SSSR count). The molecular weight excluding hydrogens is 1860 g/mol. The number of hydrogen-bond acceptors (Lipinski definition) is 21. The largest absolute Gasteiger partial charge is 0.455 e. The summed E-state index contributed by atoms with van der Waals surface area (Å²) in [4.78, 5) is 13.5. The Hall–Kier alpha value is -18.2. The maximum Gasteiger partial charge on any atom is 0.381 e. The van der Waals surface area contributed by atoms with E-state index in [1.165, 1.54) is 31.3 Å². The van der Waals surface area contributed by atoms with Crippen molar-refractivity contribution in [1.29, 1.82) is 0 Å². The Morgan fingerprint density at radius 3 is 0.727 bits per heavy atom. The van der Waals surface area contributed by atoms with E-state index in [4.69, 9.17) is 22.1 Å². The summed E-state index contributed by atoms with van der Waals surface area (Å²) >= 11 is 1.89. The van der Waals surface area contributed by atoms with E-state index in [-0.39, 0.29) is 83.8 Å². The maximum absolute atomic E-state index is 6.49. The van der Waals surface area contributed by atoms with Crippen molar-refractivity contribution >= 4 is 259 Å². The number of benzene rings is 9. The lowest BCUT2D eigenvalue weighted by atomic mass is 9.41. The zero-order chi connectivity index (χ0) is 98.3. The molecule has 0 amide bonds. The first kappa shape index (κ1) is 86.1. The van der Waals surface area contributed by atoms with Crippen molar-refractivity contribution in [3.63, 3.8) is 0 Å². The van der Waals surface area contributed by atoms with Gasteiger partial charge in [0.25, 0.3) is 0 Å². The molecule has 0 spiro atoms. The lowest BCUT2D eigenvalue weighted by Crippen LogP contribution is -2.73. The Kier molecular flexibility index (Phi) is 20.0. The van der Waals surface area contributed by atoms with Crippen LogP contribution in [0.3, 0.4) is 0 Å². The Morgan fingerprint density at radius 2 is 0.420 bits per heavy atom. The van der Waals surface area contributed by atoms with Gasteiger partial charge in [0, 0.05) is 120 Å². The standard InChI is InChI=1S/C40H28B4N4OS.C39H27B4N5O2.C38H26B4N6O2/c1-3-17-37-33(11-1)35-15-9-13-31(39(35)49-37)29-19-25-47-42-22-6-8-24-46(42)44-28-30(20-26-48(44)41-21-5-7-23-45(41)43(47)27-29)32-14-10-16-36-34-12-2-4-18-38(34)50-40(32)36;1-2-16-36-32(10-1)33-13-7-11-30(37(33)49-36)28-17-24-47-41-20-4-6-23-46(41)43-27-29(18-25-48(43)40-19-3-5-22-45(40)42(47)26-28)31-12-8-14-34-35-15-9-21-44-39(35)50-38(31)34;1-3-21-45-39(17-1)47-23-15-27(29-9-5-11-31-33-13-7-19-43-37(33)49-35(29)31)26-42(47)46-22-4-2-18-40(46)48-24-16-28(25-41(45)48)30-10-6-12-32-34-14-8-20-44-38(34)50-36(30)32/h1-28H;1-27H;1-26H. The van der Waals surface area contributed by atoms with Crippen molar-refractivity contribution in [3.05, 3.63) is 526 Å². The topological polar surface area (TPSA) is 143 Å². The third-order valence-corrected chi connectivity index (χ3v) is 32.9. The first-order valence-corrected chi connectivity index (χ1v) is 52.0. The number of aromatic nitrogens is 3. The summed E-state index contributed by atoms with van der Waals surface area (Å²) in [5.41, 5.74) is 21.8. The van der Waals surface area contributed by atoms with Crippen LogP contribution in [-0.4, -0.2) is 155 Å². The minimum absolute atomic E-state index is 0.00193. The number of nitrogens with zero attached hydrogens (tertiary/aromatic N) is 15. The minimum Gasteiger partial charge on any atom is -0.455 e. The molecule has 0 atom stereocenters. The number of thiophene rings is 1. The fourth-order valence-electron chi connectivity index (χ4n) is 24.8. The highest BCUT2D eigenvalue weighted by atomic mass is 32.1. The van der Waals surface area contributed by atoms with Gasteiger partial charge in [0.1, 0.15) is 39.1 Å². The third kappa shape index (κ3) is 13.7. The molecular formula is C117H81B12N15O5S. The molecule has 9 aromatic carbocycles. The molecule has 3 fully saturated rings. The first-order valence-electron chi connectivity index (χ1n) is 51.2. The maximum atomic E-state index is 6.49. The van der Waals surface area contributed by atoms with Gasteiger partial charge in [-0.25, -0.2) is 15.0 Å². The monoisotopic (exact) mass is 1940 g/mol. The lowest BCUT2D eigenvalue weighted by Gasteiger charge is -2.53. The number of fused-ring (bicyclic) bond motifs is 42. The molecule has 0 aliphatic carbocycles. The molecule has 15 aliphatic rings. The summed E-state index contributed by atoms with van der Waals surface area (Å²) in [5.74, 6) is 28.1. The highest BCUT2D eigenvalue weighted by molar-refractivity contribution is 7.26. The minimum atomic E-state index is -0.0841. The van der Waals surface area contributed by atoms with Gasteiger partial charge >= 0.3 is 83.8 Å². The molecule has 0 unspecified atom stereocenters. The van der Waals surface area contributed by atoms with Crippen LogP contribution in [0.2, 0.25) is 0 Å². The van der Waals surface area contributed by atoms with Crippen LogP contribution in [0.15, 0.2) is 515 Å². The number of hydrogen-bond donors (Lipinski definition) is 0. The molecule has 20 nitrogen and oxygen atoms in total. The smallest absolute Gasteiger partial charge is 0.381 e. The van der Waals surface area contributed by atoms with E-state index in [1.807, 2.05) is 47.7 Å². The highest BCUT2D eigenvalue weighted by Crippen LogP contribution is 2.48. The lowest BCUT2D eigenvalue weighted by molar-refractivity contribution is 0.622. The third-order valence-electron chi connectivity index (χ3n) is 31.7. The number of para-hydroxylation sites is 7. The van der Waals surface area contributed by atoms with Gasteiger partial charge in [-0.3, -0.25) is 0 Å². The van der Waals surface area contributed by atoms with Crippen LogP contribution in [0.25, 0.3) is 164 Å². The van der Waals surface area contributed by atoms with Crippen LogP contribution >= 0.6 is 11.3 Å². The zero-order valence-corrected chi connectivity index (χ0v) is 81.7. The summed E-state index contributed by atoms with van der Waals surface area (Å²) in [6.45, 7) is -0.550. The number of furan rings is 5. The number of pyridine rings is 3. The fourth-order valence-corrected chi connectivity index (χ4v) is 26.1. The average Bonchev–Trinajstić information content (AvgIpc) is 0.998. The molecule has 18 aromatic rings. The summed E-state index contributed by atoms with van der Waals surface area (Å²) < 4.78 is 64.3. The molecule has 9 aromatic heterocycles. The van der Waals surface area contributed by atoms with Gasteiger partial charge in [-0.2, -0.15) is 0 Å². The van der Waals surface area contributed by atoms with E-state index < -0.39 is 0 Å². The molecule has 0 saturated carbocycles. The van der Waals surface area contributed by atoms with Crippen molar-refractivity contribution in [2.24, 2.45) is 0 Å². The van der Waals surface area contributed by atoms with Gasteiger partial charge in [-0.15, -0.1) is 11.3 Å². The van der Waals surface area contributed by atoms with Crippen LogP contribution in [0.4, 0.5) is 0 Å². The second-order valence-electron chi connectivity index (χ2n) is 39.6. The molecule has 0 N–H and O–H groups in total. The normalized spacial score (nSPS) is 17.8. The van der Waals surface area contributed by atoms with E-state index in [2.05, 4.69) is 509 Å². The molecule has 150 heavy (non-hydrogen) atoms. The quantitative estimate of drug-likeness (QED) is 0.145. The summed E-state index contributed by atoms with van der Waals surface area (Å²) in [5, 5.41) is 13.5. The van der Waals surface area contributed by atoms with Crippen molar-refractivity contribution in [1.82, 2.24) is 71.6 Å². The summed E-state index contributed by atoms with van der Waals surface area (Å²) in [7, 11) is 0. The van der Waals surface area contributed by atoms with E-state index >= 15 is 0 Å². The molecule has 0 bridgehead atoms. The van der Waals surface area contributed by atoms with Crippen LogP contribution in [0.1, 0.15) is 33.4 Å². The van der Waals surface area contributed by atoms with Gasteiger partial charge in [0.05, 0.1) is 0 Å². The van der Waals surface area contributed by atoms with Gasteiger partial charge < -0.3 is 78.7 Å². The van der Waals surface area contributed by atoms with Crippen LogP contribution in [-0.2, 0) is 0 Å². The van der Waals surface area contributed by atoms with Crippen LogP contribution < -0.4 is 0 Å². The van der Waals surface area contributed by atoms with Gasteiger partial charge in [0.15, 0.2) is 0 Å². The predicted molar refractivity (Wildman–Crippen MR) is 625 cm³/mol. The van der Waals surface area contributed by atoms with E-state index in [1.54, 1.807) is 18.6 Å². The molecule has 24 heterocycles. The van der Waals surface area contributed by atoms with Gasteiger partial charge in [-0.1, -0.05) is 272 Å². The van der Waals surface area contributed by atoms with E-state index in [9.17, 15) is 0 Å². The Balaban J connectivity index is 0.000000101. The Bertz CT molecular complexity index is 8230. The van der Waals surface area contributed by atoms with Gasteiger partial charge in [-0.05, 0) is 241 Å².